The van der Waals surface area contributed by atoms with E-state index in [0.29, 0.717) is 27.1 Å². The summed E-state index contributed by atoms with van der Waals surface area (Å²) in [6.07, 6.45) is 1.30. The molecule has 2 aromatic carbocycles. The molecule has 0 heterocycles. The Morgan fingerprint density at radius 1 is 1.17 bits per heavy atom. The van der Waals surface area contributed by atoms with E-state index < -0.39 is 5.91 Å². The first-order valence-electron chi connectivity index (χ1n) is 6.48. The van der Waals surface area contributed by atoms with Crippen LogP contribution >= 0.6 is 23.2 Å². The second kappa shape index (κ2) is 7.54. The standard InChI is InChI=1S/C16H12Cl2N4O/c17-11-1-6-14(18)15(7-11)22-16(23)10(8-19)9-21-13-4-2-12(20)3-5-13/h1-7,9,21H,20H2,(H,22,23)/b10-9-. The van der Waals surface area contributed by atoms with Gasteiger partial charge in [-0.25, -0.2) is 0 Å². The SMILES string of the molecule is N#C/C(=C/Nc1ccc(N)cc1)C(=O)Nc1cc(Cl)ccc1Cl. The molecule has 0 radical (unpaired) electrons. The molecule has 2 rings (SSSR count). The summed E-state index contributed by atoms with van der Waals surface area (Å²) in [5.41, 5.74) is 7.12. The summed E-state index contributed by atoms with van der Waals surface area (Å²) >= 11 is 11.8. The van der Waals surface area contributed by atoms with Crippen LogP contribution in [0.4, 0.5) is 17.1 Å². The number of anilines is 3. The van der Waals surface area contributed by atoms with Crippen LogP contribution in [-0.2, 0) is 4.79 Å². The average molecular weight is 347 g/mol. The molecule has 0 atom stereocenters. The van der Waals surface area contributed by atoms with Crippen LogP contribution in [0.5, 0.6) is 0 Å². The molecule has 2 aromatic rings. The van der Waals surface area contributed by atoms with E-state index in [0.717, 1.165) is 0 Å². The maximum Gasteiger partial charge on any atom is 0.267 e. The van der Waals surface area contributed by atoms with Gasteiger partial charge in [0.1, 0.15) is 11.6 Å². The number of nitrogens with zero attached hydrogens (tertiary/aromatic N) is 1. The summed E-state index contributed by atoms with van der Waals surface area (Å²) in [5, 5.41) is 15.3. The number of amides is 1. The highest BCUT2D eigenvalue weighted by atomic mass is 35.5. The Labute approximate surface area is 143 Å². The van der Waals surface area contributed by atoms with Gasteiger partial charge in [-0.3, -0.25) is 4.79 Å². The van der Waals surface area contributed by atoms with Crippen molar-refractivity contribution in [1.82, 2.24) is 0 Å². The molecular formula is C16H12Cl2N4O. The maximum absolute atomic E-state index is 12.1. The monoisotopic (exact) mass is 346 g/mol. The van der Waals surface area contributed by atoms with Gasteiger partial charge in [0.15, 0.2) is 0 Å². The molecular weight excluding hydrogens is 335 g/mol. The molecule has 0 fully saturated rings. The quantitative estimate of drug-likeness (QED) is 0.442. The van der Waals surface area contributed by atoms with Crippen molar-refractivity contribution in [2.45, 2.75) is 0 Å². The van der Waals surface area contributed by atoms with Crippen LogP contribution in [0, 0.1) is 11.3 Å². The molecule has 0 aliphatic carbocycles. The van der Waals surface area contributed by atoms with Gasteiger partial charge in [0.25, 0.3) is 5.91 Å². The number of hydrogen-bond donors (Lipinski definition) is 3. The summed E-state index contributed by atoms with van der Waals surface area (Å²) in [6, 6.07) is 13.3. The second-order valence-corrected chi connectivity index (χ2v) is 5.36. The van der Waals surface area contributed by atoms with Gasteiger partial charge in [0, 0.05) is 22.6 Å². The van der Waals surface area contributed by atoms with Gasteiger partial charge >= 0.3 is 0 Å². The minimum atomic E-state index is -0.598. The van der Waals surface area contributed by atoms with Crippen molar-refractivity contribution in [3.8, 4) is 6.07 Å². The summed E-state index contributed by atoms with van der Waals surface area (Å²) in [6.45, 7) is 0. The Bertz CT molecular complexity index is 795. The van der Waals surface area contributed by atoms with Crippen molar-refractivity contribution < 1.29 is 4.79 Å². The molecule has 116 valence electrons. The lowest BCUT2D eigenvalue weighted by Gasteiger charge is -2.07. The van der Waals surface area contributed by atoms with E-state index in [1.165, 1.54) is 12.3 Å². The molecule has 0 spiro atoms. The van der Waals surface area contributed by atoms with Gasteiger partial charge < -0.3 is 16.4 Å². The zero-order valence-electron chi connectivity index (χ0n) is 11.8. The molecule has 7 heteroatoms. The fourth-order valence-corrected chi connectivity index (χ4v) is 2.00. The van der Waals surface area contributed by atoms with Crippen LogP contribution in [0.3, 0.4) is 0 Å². The third-order valence-corrected chi connectivity index (χ3v) is 3.40. The lowest BCUT2D eigenvalue weighted by molar-refractivity contribution is -0.112. The Morgan fingerprint density at radius 3 is 2.52 bits per heavy atom. The number of carbonyl (C=O) groups is 1. The van der Waals surface area contributed by atoms with Crippen molar-refractivity contribution in [3.05, 3.63) is 64.3 Å². The zero-order valence-corrected chi connectivity index (χ0v) is 13.3. The first-order valence-corrected chi connectivity index (χ1v) is 7.24. The predicted molar refractivity (Wildman–Crippen MR) is 93.3 cm³/mol. The van der Waals surface area contributed by atoms with E-state index in [1.807, 2.05) is 6.07 Å². The molecule has 0 bridgehead atoms. The van der Waals surface area contributed by atoms with Crippen LogP contribution in [0.25, 0.3) is 0 Å². The highest BCUT2D eigenvalue weighted by Gasteiger charge is 2.11. The molecule has 0 aromatic heterocycles. The van der Waals surface area contributed by atoms with Gasteiger partial charge in [-0.1, -0.05) is 23.2 Å². The molecule has 0 unspecified atom stereocenters. The topological polar surface area (TPSA) is 90.9 Å². The summed E-state index contributed by atoms with van der Waals surface area (Å²) in [7, 11) is 0. The lowest BCUT2D eigenvalue weighted by atomic mass is 10.2. The molecule has 0 saturated heterocycles. The number of halogens is 2. The minimum absolute atomic E-state index is 0.113. The predicted octanol–water partition coefficient (Wildman–Crippen LogP) is 4.03. The number of hydrogen-bond acceptors (Lipinski definition) is 4. The van der Waals surface area contributed by atoms with Gasteiger partial charge in [-0.05, 0) is 42.5 Å². The number of carbonyl (C=O) groups excluding carboxylic acids is 1. The van der Waals surface area contributed by atoms with Crippen molar-refractivity contribution in [1.29, 1.82) is 5.26 Å². The van der Waals surface area contributed by atoms with Crippen molar-refractivity contribution >= 4 is 46.2 Å². The number of benzene rings is 2. The van der Waals surface area contributed by atoms with Gasteiger partial charge in [0.05, 0.1) is 10.7 Å². The fraction of sp³-hybridized carbons (Fsp3) is 0. The largest absolute Gasteiger partial charge is 0.399 e. The fourth-order valence-electron chi connectivity index (χ4n) is 1.67. The van der Waals surface area contributed by atoms with Gasteiger partial charge in [-0.15, -0.1) is 0 Å². The number of nitrogen functional groups attached to an aromatic ring is 1. The van der Waals surface area contributed by atoms with Crippen LogP contribution in [0.15, 0.2) is 54.2 Å². The lowest BCUT2D eigenvalue weighted by Crippen LogP contribution is -2.14. The van der Waals surface area contributed by atoms with Crippen molar-refractivity contribution in [3.63, 3.8) is 0 Å². The molecule has 1 amide bonds. The number of nitrogens with two attached hydrogens (primary N) is 1. The second-order valence-electron chi connectivity index (χ2n) is 4.51. The first-order chi connectivity index (χ1) is 11.0. The van der Waals surface area contributed by atoms with Crippen LogP contribution < -0.4 is 16.4 Å². The van der Waals surface area contributed by atoms with Crippen molar-refractivity contribution in [2.24, 2.45) is 0 Å². The van der Waals surface area contributed by atoms with E-state index in [4.69, 9.17) is 34.2 Å². The van der Waals surface area contributed by atoms with E-state index in [9.17, 15) is 4.79 Å². The van der Waals surface area contributed by atoms with E-state index in [1.54, 1.807) is 36.4 Å². The molecule has 4 N–H and O–H groups in total. The maximum atomic E-state index is 12.1. The summed E-state index contributed by atoms with van der Waals surface area (Å²) in [4.78, 5) is 12.1. The molecule has 23 heavy (non-hydrogen) atoms. The Morgan fingerprint density at radius 2 is 1.87 bits per heavy atom. The number of nitriles is 1. The van der Waals surface area contributed by atoms with E-state index >= 15 is 0 Å². The Kier molecular flexibility index (Phi) is 5.47. The van der Waals surface area contributed by atoms with Crippen LogP contribution in [0.2, 0.25) is 10.0 Å². The third-order valence-electron chi connectivity index (χ3n) is 2.84. The highest BCUT2D eigenvalue weighted by molar-refractivity contribution is 6.35. The Balaban J connectivity index is 2.12. The normalized spacial score (nSPS) is 10.7. The highest BCUT2D eigenvalue weighted by Crippen LogP contribution is 2.25. The molecule has 0 aliphatic heterocycles. The summed E-state index contributed by atoms with van der Waals surface area (Å²) in [5.74, 6) is -0.598. The number of nitrogens with one attached hydrogen (secondary N) is 2. The van der Waals surface area contributed by atoms with E-state index in [2.05, 4.69) is 10.6 Å². The van der Waals surface area contributed by atoms with Crippen molar-refractivity contribution in [2.75, 3.05) is 16.4 Å². The minimum Gasteiger partial charge on any atom is -0.399 e. The number of rotatable bonds is 4. The van der Waals surface area contributed by atoms with Gasteiger partial charge in [0.2, 0.25) is 0 Å². The van der Waals surface area contributed by atoms with Crippen LogP contribution in [-0.4, -0.2) is 5.91 Å². The third kappa shape index (κ3) is 4.65. The first kappa shape index (κ1) is 16.7. The zero-order chi connectivity index (χ0) is 16.8. The van der Waals surface area contributed by atoms with Crippen LogP contribution in [0.1, 0.15) is 0 Å². The van der Waals surface area contributed by atoms with E-state index in [-0.39, 0.29) is 5.57 Å². The summed E-state index contributed by atoms with van der Waals surface area (Å²) < 4.78 is 0. The molecule has 0 saturated carbocycles. The smallest absolute Gasteiger partial charge is 0.267 e. The molecule has 5 nitrogen and oxygen atoms in total. The molecule has 0 aliphatic rings. The average Bonchev–Trinajstić information content (AvgIpc) is 2.53. The van der Waals surface area contributed by atoms with Gasteiger partial charge in [-0.2, -0.15) is 5.26 Å². The Hall–Kier alpha value is -2.68.